The zero-order valence-electron chi connectivity index (χ0n) is 6.19. The van der Waals surface area contributed by atoms with Gasteiger partial charge in [-0.3, -0.25) is 0 Å². The van der Waals surface area contributed by atoms with Gasteiger partial charge < -0.3 is 0 Å². The Balaban J connectivity index is 3.32. The average Bonchev–Trinajstić information content (AvgIpc) is 2.01. The van der Waals surface area contributed by atoms with Crippen molar-refractivity contribution in [2.75, 3.05) is 0 Å². The van der Waals surface area contributed by atoms with E-state index in [-0.39, 0.29) is 0 Å². The van der Waals surface area contributed by atoms with Crippen LogP contribution in [0.5, 0.6) is 0 Å². The normalized spacial score (nSPS) is 11.0. The van der Waals surface area contributed by atoms with Gasteiger partial charge in [-0.05, 0) is 18.2 Å². The lowest BCUT2D eigenvalue weighted by Crippen LogP contribution is -2.07. The molecular formula is C8H3F4N. The maximum Gasteiger partial charge on any atom is 0.417 e. The van der Waals surface area contributed by atoms with Crippen molar-refractivity contribution < 1.29 is 17.6 Å². The molecule has 0 amide bonds. The minimum Gasteiger partial charge on any atom is -0.207 e. The first-order valence-electron chi connectivity index (χ1n) is 3.22. The Morgan fingerprint density at radius 2 is 1.85 bits per heavy atom. The van der Waals surface area contributed by atoms with E-state index in [4.69, 9.17) is 5.26 Å². The summed E-state index contributed by atoms with van der Waals surface area (Å²) in [5.41, 5.74) is -1.82. The number of benzene rings is 1. The maximum absolute atomic E-state index is 12.4. The number of rotatable bonds is 0. The number of alkyl halides is 3. The molecule has 13 heavy (non-hydrogen) atoms. The predicted molar refractivity (Wildman–Crippen MR) is 36.1 cm³/mol. The Labute approximate surface area is 71.2 Å². The highest BCUT2D eigenvalue weighted by Crippen LogP contribution is 2.31. The van der Waals surface area contributed by atoms with Gasteiger partial charge in [0.05, 0.1) is 17.2 Å². The van der Waals surface area contributed by atoms with Gasteiger partial charge in [-0.1, -0.05) is 0 Å². The molecule has 0 N–H and O–H groups in total. The van der Waals surface area contributed by atoms with Gasteiger partial charge in [0.1, 0.15) is 5.82 Å². The van der Waals surface area contributed by atoms with Crippen LogP contribution in [0.3, 0.4) is 0 Å². The van der Waals surface area contributed by atoms with E-state index in [0.29, 0.717) is 18.2 Å². The van der Waals surface area contributed by atoms with Crippen LogP contribution in [-0.4, -0.2) is 0 Å². The molecule has 0 heterocycles. The van der Waals surface area contributed by atoms with Crippen LogP contribution >= 0.6 is 0 Å². The first-order chi connectivity index (χ1) is 5.95. The Bertz CT molecular complexity index is 361. The van der Waals surface area contributed by atoms with E-state index in [2.05, 4.69) is 0 Å². The molecular weight excluding hydrogens is 186 g/mol. The molecule has 0 bridgehead atoms. The third-order valence-electron chi connectivity index (χ3n) is 1.41. The molecule has 0 aliphatic carbocycles. The molecule has 0 atom stereocenters. The summed E-state index contributed by atoms with van der Waals surface area (Å²) >= 11 is 0. The van der Waals surface area contributed by atoms with Crippen molar-refractivity contribution >= 4 is 0 Å². The fourth-order valence-corrected chi connectivity index (χ4v) is 0.856. The minimum atomic E-state index is -4.61. The van der Waals surface area contributed by atoms with Crippen molar-refractivity contribution in [3.05, 3.63) is 35.1 Å². The molecule has 0 spiro atoms. The highest BCUT2D eigenvalue weighted by Gasteiger charge is 2.33. The monoisotopic (exact) mass is 189 g/mol. The minimum absolute atomic E-state index is 0.549. The predicted octanol–water partition coefficient (Wildman–Crippen LogP) is 2.72. The van der Waals surface area contributed by atoms with Gasteiger partial charge in [0.15, 0.2) is 0 Å². The molecule has 68 valence electrons. The molecule has 0 aliphatic heterocycles. The van der Waals surface area contributed by atoms with Crippen LogP contribution in [0, 0.1) is 17.1 Å². The van der Waals surface area contributed by atoms with Gasteiger partial charge in [0, 0.05) is 0 Å². The molecule has 0 saturated carbocycles. The largest absolute Gasteiger partial charge is 0.417 e. The van der Waals surface area contributed by atoms with Crippen molar-refractivity contribution in [2.24, 2.45) is 0 Å². The van der Waals surface area contributed by atoms with Crippen LogP contribution < -0.4 is 0 Å². The molecule has 0 radical (unpaired) electrons. The number of nitrogens with zero attached hydrogens (tertiary/aromatic N) is 1. The summed E-state index contributed by atoms with van der Waals surface area (Å²) in [6, 6.07) is 3.06. The van der Waals surface area contributed by atoms with Gasteiger partial charge in [0.2, 0.25) is 0 Å². The van der Waals surface area contributed by atoms with E-state index in [1.165, 1.54) is 6.07 Å². The van der Waals surface area contributed by atoms with E-state index in [1.54, 1.807) is 0 Å². The fourth-order valence-electron chi connectivity index (χ4n) is 0.856. The van der Waals surface area contributed by atoms with Crippen LogP contribution in [0.2, 0.25) is 0 Å². The van der Waals surface area contributed by atoms with Crippen molar-refractivity contribution in [3.63, 3.8) is 0 Å². The SMILES string of the molecule is N#Cc1cc(F)ccc1C(F)(F)F. The molecule has 1 aromatic carbocycles. The second kappa shape index (κ2) is 3.05. The lowest BCUT2D eigenvalue weighted by molar-refractivity contribution is -0.137. The lowest BCUT2D eigenvalue weighted by Gasteiger charge is -2.07. The number of nitriles is 1. The summed E-state index contributed by atoms with van der Waals surface area (Å²) in [5, 5.41) is 8.29. The van der Waals surface area contributed by atoms with Crippen LogP contribution in [-0.2, 0) is 6.18 Å². The average molecular weight is 189 g/mol. The Morgan fingerprint density at radius 1 is 1.23 bits per heavy atom. The van der Waals surface area contributed by atoms with E-state index in [9.17, 15) is 17.6 Å². The molecule has 1 rings (SSSR count). The summed E-state index contributed by atoms with van der Waals surface area (Å²) in [4.78, 5) is 0. The zero-order valence-corrected chi connectivity index (χ0v) is 6.19. The Hall–Kier alpha value is -1.57. The van der Waals surface area contributed by atoms with E-state index >= 15 is 0 Å². The molecule has 1 aromatic rings. The second-order valence-corrected chi connectivity index (χ2v) is 2.30. The molecule has 0 fully saturated rings. The molecule has 0 unspecified atom stereocenters. The molecule has 0 aromatic heterocycles. The summed E-state index contributed by atoms with van der Waals surface area (Å²) in [6.45, 7) is 0. The van der Waals surface area contributed by atoms with Crippen molar-refractivity contribution in [1.82, 2.24) is 0 Å². The second-order valence-electron chi connectivity index (χ2n) is 2.30. The number of hydrogen-bond acceptors (Lipinski definition) is 1. The Kier molecular flexibility index (Phi) is 2.24. The molecule has 0 aliphatic rings. The first kappa shape index (κ1) is 9.52. The zero-order chi connectivity index (χ0) is 10.1. The van der Waals surface area contributed by atoms with Gasteiger partial charge in [-0.15, -0.1) is 0 Å². The van der Waals surface area contributed by atoms with E-state index in [1.807, 2.05) is 0 Å². The number of halogens is 4. The maximum atomic E-state index is 12.4. The summed E-state index contributed by atoms with van der Waals surface area (Å²) in [5.74, 6) is -0.857. The van der Waals surface area contributed by atoms with Gasteiger partial charge in [-0.25, -0.2) is 4.39 Å². The topological polar surface area (TPSA) is 23.8 Å². The van der Waals surface area contributed by atoms with Crippen molar-refractivity contribution in [2.45, 2.75) is 6.18 Å². The third-order valence-corrected chi connectivity index (χ3v) is 1.41. The van der Waals surface area contributed by atoms with Crippen molar-refractivity contribution in [1.29, 1.82) is 5.26 Å². The first-order valence-corrected chi connectivity index (χ1v) is 3.22. The summed E-state index contributed by atoms with van der Waals surface area (Å²) < 4.78 is 48.7. The van der Waals surface area contributed by atoms with E-state index in [0.717, 1.165) is 0 Å². The van der Waals surface area contributed by atoms with Gasteiger partial charge >= 0.3 is 6.18 Å². The molecule has 5 heteroatoms. The van der Waals surface area contributed by atoms with Crippen LogP contribution in [0.25, 0.3) is 0 Å². The standard InChI is InChI=1S/C8H3F4N/c9-6-1-2-7(8(10,11)12)5(3-6)4-13/h1-3H. The van der Waals surface area contributed by atoms with Crippen LogP contribution in [0.15, 0.2) is 18.2 Å². The lowest BCUT2D eigenvalue weighted by atomic mass is 10.1. The number of hydrogen-bond donors (Lipinski definition) is 0. The highest BCUT2D eigenvalue weighted by molar-refractivity contribution is 5.39. The Morgan fingerprint density at radius 3 is 2.31 bits per heavy atom. The third kappa shape index (κ3) is 1.96. The van der Waals surface area contributed by atoms with Crippen molar-refractivity contribution in [3.8, 4) is 6.07 Å². The van der Waals surface area contributed by atoms with Crippen LogP contribution in [0.1, 0.15) is 11.1 Å². The summed E-state index contributed by atoms with van der Waals surface area (Å²) in [6.07, 6.45) is -4.61. The fraction of sp³-hybridized carbons (Fsp3) is 0.125. The van der Waals surface area contributed by atoms with E-state index < -0.39 is 23.1 Å². The quantitative estimate of drug-likeness (QED) is 0.575. The smallest absolute Gasteiger partial charge is 0.207 e. The highest BCUT2D eigenvalue weighted by atomic mass is 19.4. The van der Waals surface area contributed by atoms with Crippen LogP contribution in [0.4, 0.5) is 17.6 Å². The van der Waals surface area contributed by atoms with Gasteiger partial charge in [-0.2, -0.15) is 18.4 Å². The summed E-state index contributed by atoms with van der Waals surface area (Å²) in [7, 11) is 0. The van der Waals surface area contributed by atoms with Gasteiger partial charge in [0.25, 0.3) is 0 Å². The molecule has 0 saturated heterocycles. The molecule has 1 nitrogen and oxygen atoms in total.